The van der Waals surface area contributed by atoms with Gasteiger partial charge >= 0.3 is 5.97 Å². The molecule has 28 heavy (non-hydrogen) atoms. The minimum absolute atomic E-state index is 0.161. The van der Waals surface area contributed by atoms with E-state index in [-0.39, 0.29) is 18.4 Å². The first-order chi connectivity index (χ1) is 13.4. The molecule has 1 saturated heterocycles. The molecule has 1 fully saturated rings. The highest BCUT2D eigenvalue weighted by Crippen LogP contribution is 2.21. The number of hydrogen-bond donors (Lipinski definition) is 1. The minimum atomic E-state index is -0.553. The maximum atomic E-state index is 12.3. The van der Waals surface area contributed by atoms with Gasteiger partial charge < -0.3 is 15.0 Å². The van der Waals surface area contributed by atoms with Crippen LogP contribution in [0.15, 0.2) is 41.8 Å². The first-order valence-corrected chi connectivity index (χ1v) is 10.2. The summed E-state index contributed by atoms with van der Waals surface area (Å²) in [5.74, 6) is 0.00995. The van der Waals surface area contributed by atoms with E-state index in [1.165, 1.54) is 11.3 Å². The lowest BCUT2D eigenvalue weighted by atomic mass is 9.92. The number of piperidine rings is 1. The topological polar surface area (TPSA) is 75.7 Å². The molecule has 0 aliphatic carbocycles. The Bertz CT molecular complexity index is 823. The average Bonchev–Trinajstić information content (AvgIpc) is 3.20. The smallest absolute Gasteiger partial charge is 0.338 e. The third-order valence-corrected chi connectivity index (χ3v) is 5.54. The van der Waals surface area contributed by atoms with Gasteiger partial charge in [0.1, 0.15) is 0 Å². The van der Waals surface area contributed by atoms with Crippen molar-refractivity contribution in [3.8, 4) is 0 Å². The molecule has 2 aromatic rings. The zero-order valence-electron chi connectivity index (χ0n) is 16.0. The molecule has 0 radical (unpaired) electrons. The van der Waals surface area contributed by atoms with E-state index in [1.807, 2.05) is 11.4 Å². The van der Waals surface area contributed by atoms with Crippen LogP contribution in [0.2, 0.25) is 0 Å². The number of rotatable bonds is 5. The van der Waals surface area contributed by atoms with E-state index >= 15 is 0 Å². The van der Waals surface area contributed by atoms with E-state index in [0.717, 1.165) is 6.42 Å². The quantitative estimate of drug-likeness (QED) is 0.777. The maximum Gasteiger partial charge on any atom is 0.338 e. The van der Waals surface area contributed by atoms with Crippen LogP contribution in [0.5, 0.6) is 0 Å². The van der Waals surface area contributed by atoms with Gasteiger partial charge in [0.15, 0.2) is 6.61 Å². The van der Waals surface area contributed by atoms with Crippen molar-refractivity contribution in [3.05, 3.63) is 52.2 Å². The van der Waals surface area contributed by atoms with Gasteiger partial charge in [-0.2, -0.15) is 0 Å². The maximum absolute atomic E-state index is 12.3. The van der Waals surface area contributed by atoms with Gasteiger partial charge in [0.2, 0.25) is 0 Å². The van der Waals surface area contributed by atoms with Crippen molar-refractivity contribution >= 4 is 34.8 Å². The molecule has 0 spiro atoms. The van der Waals surface area contributed by atoms with E-state index in [4.69, 9.17) is 4.74 Å². The van der Waals surface area contributed by atoms with Crippen LogP contribution < -0.4 is 5.32 Å². The Morgan fingerprint density at radius 2 is 1.79 bits per heavy atom. The Kier molecular flexibility index (Phi) is 6.46. The highest BCUT2D eigenvalue weighted by Gasteiger charge is 2.26. The summed E-state index contributed by atoms with van der Waals surface area (Å²) in [6, 6.07) is 9.97. The van der Waals surface area contributed by atoms with Crippen LogP contribution in [0.1, 0.15) is 40.3 Å². The van der Waals surface area contributed by atoms with Crippen molar-refractivity contribution in [3.63, 3.8) is 0 Å². The molecule has 2 amide bonds. The molecular weight excluding hydrogens is 376 g/mol. The highest BCUT2D eigenvalue weighted by atomic mass is 32.1. The molecule has 3 rings (SSSR count). The largest absolute Gasteiger partial charge is 0.452 e. The lowest BCUT2D eigenvalue weighted by molar-refractivity contribution is -0.137. The Balaban J connectivity index is 1.50. The standard InChI is InChI=1S/C21H24N2O4S/c1-14-10-15(2)12-23(11-14)19(24)13-27-21(26)16-5-7-17(8-6-16)22-20(25)18-4-3-9-28-18/h3-9,14-15H,10-13H2,1-2H3,(H,22,25)/t14-,15-/m0/s1. The summed E-state index contributed by atoms with van der Waals surface area (Å²) in [4.78, 5) is 38.9. The zero-order chi connectivity index (χ0) is 20.1. The summed E-state index contributed by atoms with van der Waals surface area (Å²) in [5.41, 5.74) is 0.921. The van der Waals surface area contributed by atoms with Crippen molar-refractivity contribution in [1.29, 1.82) is 0 Å². The summed E-state index contributed by atoms with van der Waals surface area (Å²) in [6.45, 7) is 5.41. The predicted molar refractivity (Wildman–Crippen MR) is 109 cm³/mol. The fourth-order valence-corrected chi connectivity index (χ4v) is 4.08. The van der Waals surface area contributed by atoms with E-state index in [2.05, 4.69) is 19.2 Å². The molecule has 1 aromatic heterocycles. The number of nitrogens with zero attached hydrogens (tertiary/aromatic N) is 1. The first-order valence-electron chi connectivity index (χ1n) is 9.32. The molecule has 0 unspecified atom stereocenters. The van der Waals surface area contributed by atoms with Crippen LogP contribution in [-0.4, -0.2) is 42.4 Å². The second-order valence-corrected chi connectivity index (χ2v) is 8.28. The summed E-state index contributed by atoms with van der Waals surface area (Å²) < 4.78 is 5.18. The van der Waals surface area contributed by atoms with Crippen molar-refractivity contribution in [2.24, 2.45) is 11.8 Å². The van der Waals surface area contributed by atoms with Crippen LogP contribution in [0.3, 0.4) is 0 Å². The third kappa shape index (κ3) is 5.19. The van der Waals surface area contributed by atoms with Crippen LogP contribution in [0, 0.1) is 11.8 Å². The zero-order valence-corrected chi connectivity index (χ0v) is 16.8. The van der Waals surface area contributed by atoms with Crippen LogP contribution in [-0.2, 0) is 9.53 Å². The lowest BCUT2D eigenvalue weighted by Gasteiger charge is -2.34. The molecule has 2 heterocycles. The molecule has 6 nitrogen and oxygen atoms in total. The van der Waals surface area contributed by atoms with Crippen molar-refractivity contribution in [2.75, 3.05) is 25.0 Å². The van der Waals surface area contributed by atoms with Crippen molar-refractivity contribution < 1.29 is 19.1 Å². The molecule has 148 valence electrons. The Hall–Kier alpha value is -2.67. The van der Waals surface area contributed by atoms with Gasteiger partial charge in [-0.05, 0) is 54.0 Å². The summed E-state index contributed by atoms with van der Waals surface area (Å²) in [7, 11) is 0. The SMILES string of the molecule is C[C@H]1C[C@H](C)CN(C(=O)COC(=O)c2ccc(NC(=O)c3cccs3)cc2)C1. The molecule has 1 aliphatic heterocycles. The fraction of sp³-hybridized carbons (Fsp3) is 0.381. The Morgan fingerprint density at radius 3 is 2.39 bits per heavy atom. The molecule has 2 atom stereocenters. The molecule has 7 heteroatoms. The number of hydrogen-bond acceptors (Lipinski definition) is 5. The first kappa shape index (κ1) is 20.1. The van der Waals surface area contributed by atoms with Gasteiger partial charge in [-0.25, -0.2) is 4.79 Å². The fourth-order valence-electron chi connectivity index (χ4n) is 3.46. The Labute approximate surface area is 168 Å². The number of likely N-dealkylation sites (tertiary alicyclic amines) is 1. The average molecular weight is 401 g/mol. The molecule has 1 N–H and O–H groups in total. The second kappa shape index (κ2) is 9.01. The molecule has 0 bridgehead atoms. The lowest BCUT2D eigenvalue weighted by Crippen LogP contribution is -2.44. The third-order valence-electron chi connectivity index (χ3n) is 4.67. The number of anilines is 1. The van der Waals surface area contributed by atoms with Gasteiger partial charge in [-0.15, -0.1) is 11.3 Å². The predicted octanol–water partition coefficient (Wildman–Crippen LogP) is 3.66. The number of esters is 1. The van der Waals surface area contributed by atoms with Crippen LogP contribution in [0.25, 0.3) is 0 Å². The monoisotopic (exact) mass is 400 g/mol. The number of benzene rings is 1. The summed E-state index contributed by atoms with van der Waals surface area (Å²) >= 11 is 1.36. The Morgan fingerprint density at radius 1 is 1.11 bits per heavy atom. The van der Waals surface area contributed by atoms with E-state index < -0.39 is 5.97 Å². The van der Waals surface area contributed by atoms with Gasteiger partial charge in [-0.1, -0.05) is 19.9 Å². The van der Waals surface area contributed by atoms with E-state index in [9.17, 15) is 14.4 Å². The van der Waals surface area contributed by atoms with Crippen LogP contribution >= 0.6 is 11.3 Å². The van der Waals surface area contributed by atoms with Crippen molar-refractivity contribution in [2.45, 2.75) is 20.3 Å². The molecule has 1 aromatic carbocycles. The van der Waals surface area contributed by atoms with E-state index in [1.54, 1.807) is 35.2 Å². The van der Waals surface area contributed by atoms with Gasteiger partial charge in [0.25, 0.3) is 11.8 Å². The van der Waals surface area contributed by atoms with Gasteiger partial charge in [0, 0.05) is 18.8 Å². The van der Waals surface area contributed by atoms with Crippen molar-refractivity contribution in [1.82, 2.24) is 4.90 Å². The number of carbonyl (C=O) groups is 3. The minimum Gasteiger partial charge on any atom is -0.452 e. The molecule has 0 saturated carbocycles. The highest BCUT2D eigenvalue weighted by molar-refractivity contribution is 7.12. The van der Waals surface area contributed by atoms with Crippen LogP contribution in [0.4, 0.5) is 5.69 Å². The van der Waals surface area contributed by atoms with Gasteiger partial charge in [0.05, 0.1) is 10.4 Å². The number of amides is 2. The van der Waals surface area contributed by atoms with E-state index in [0.29, 0.717) is 41.1 Å². The normalized spacial score (nSPS) is 19.1. The number of nitrogens with one attached hydrogen (secondary N) is 1. The number of ether oxygens (including phenoxy) is 1. The second-order valence-electron chi connectivity index (χ2n) is 7.33. The van der Waals surface area contributed by atoms with Gasteiger partial charge in [-0.3, -0.25) is 9.59 Å². The summed E-state index contributed by atoms with van der Waals surface area (Å²) in [5, 5.41) is 4.60. The molecule has 1 aliphatic rings. The molecular formula is C21H24N2O4S. The number of carbonyl (C=O) groups excluding carboxylic acids is 3. The number of thiophene rings is 1. The summed E-state index contributed by atoms with van der Waals surface area (Å²) in [6.07, 6.45) is 1.11.